The second-order valence-electron chi connectivity index (χ2n) is 5.05. The Morgan fingerprint density at radius 1 is 0.433 bits per heavy atom. The molecular formula is C8H24N2Na2O14S4. The van der Waals surface area contributed by atoms with Crippen molar-refractivity contribution in [1.29, 1.82) is 0 Å². The Labute approximate surface area is 219 Å². The zero-order chi connectivity index (χ0) is 22.8. The van der Waals surface area contributed by atoms with E-state index >= 15 is 0 Å². The van der Waals surface area contributed by atoms with E-state index in [1.807, 2.05) is 0 Å². The molecule has 0 aromatic heterocycles. The van der Waals surface area contributed by atoms with Crippen LogP contribution in [0.5, 0.6) is 0 Å². The van der Waals surface area contributed by atoms with Crippen molar-refractivity contribution >= 4 is 99.6 Å². The van der Waals surface area contributed by atoms with E-state index in [1.165, 1.54) is 0 Å². The minimum atomic E-state index is -4.19. The topological polar surface area (TPSA) is 264 Å². The predicted octanol–water partition coefficient (Wildman–Crippen LogP) is -4.39. The third kappa shape index (κ3) is 36.8. The molecule has 30 heavy (non-hydrogen) atoms. The third-order valence-corrected chi connectivity index (χ3v) is 5.22. The van der Waals surface area contributed by atoms with Crippen LogP contribution in [0.15, 0.2) is 0 Å². The van der Waals surface area contributed by atoms with Gasteiger partial charge in [0.15, 0.2) is 0 Å². The summed E-state index contributed by atoms with van der Waals surface area (Å²) in [6.45, 7) is -1.74. The van der Waals surface area contributed by atoms with Gasteiger partial charge in [-0.2, -0.15) is 43.8 Å². The summed E-state index contributed by atoms with van der Waals surface area (Å²) in [5, 5.41) is 18.5. The van der Waals surface area contributed by atoms with Crippen molar-refractivity contribution in [2.24, 2.45) is 0 Å². The van der Waals surface area contributed by atoms with E-state index in [1.54, 1.807) is 0 Å². The summed E-state index contributed by atoms with van der Waals surface area (Å²) in [6, 6.07) is 0. The quantitative estimate of drug-likeness (QED) is 0.0766. The van der Waals surface area contributed by atoms with Crippen LogP contribution in [0.2, 0.25) is 0 Å². The Balaban J connectivity index is -0.000000211. The second-order valence-corrected chi connectivity index (χ2v) is 11.3. The molecule has 0 aromatic rings. The fourth-order valence-corrected chi connectivity index (χ4v) is 2.87. The predicted molar refractivity (Wildman–Crippen MR) is 107 cm³/mol. The van der Waals surface area contributed by atoms with Crippen molar-refractivity contribution in [1.82, 2.24) is 10.1 Å². The Morgan fingerprint density at radius 2 is 0.567 bits per heavy atom. The molecule has 0 unspecified atom stereocenters. The van der Waals surface area contributed by atoms with Crippen molar-refractivity contribution in [3.05, 3.63) is 0 Å². The van der Waals surface area contributed by atoms with Gasteiger partial charge in [-0.15, -0.1) is 0 Å². The molecule has 0 heterocycles. The van der Waals surface area contributed by atoms with Gasteiger partial charge in [0.1, 0.15) is 0 Å². The maximum atomic E-state index is 10.2. The van der Waals surface area contributed by atoms with E-state index in [9.17, 15) is 33.7 Å². The Morgan fingerprint density at radius 3 is 0.667 bits per heavy atom. The van der Waals surface area contributed by atoms with E-state index in [2.05, 4.69) is 0 Å². The summed E-state index contributed by atoms with van der Waals surface area (Å²) >= 11 is 0. The van der Waals surface area contributed by atoms with Crippen LogP contribution < -0.4 is 0 Å². The van der Waals surface area contributed by atoms with Crippen molar-refractivity contribution < 1.29 is 62.3 Å². The van der Waals surface area contributed by atoms with Gasteiger partial charge in [-0.05, 0) is 0 Å². The molecule has 0 saturated heterocycles. The molecule has 0 fully saturated rings. The van der Waals surface area contributed by atoms with Gasteiger partial charge in [0.25, 0.3) is 40.5 Å². The molecule has 0 bridgehead atoms. The monoisotopic (exact) mass is 546 g/mol. The first-order chi connectivity index (χ1) is 12.2. The maximum absolute atomic E-state index is 10.2. The fourth-order valence-electron chi connectivity index (χ4n) is 1.11. The normalized spacial score (nSPS) is 12.5. The van der Waals surface area contributed by atoms with E-state index in [4.69, 9.17) is 28.6 Å². The van der Waals surface area contributed by atoms with E-state index in [-0.39, 0.29) is 59.1 Å². The van der Waals surface area contributed by atoms with Crippen molar-refractivity contribution in [2.45, 2.75) is 0 Å². The minimum absolute atomic E-state index is 0. The fraction of sp³-hybridized carbons (Fsp3) is 1.00. The van der Waals surface area contributed by atoms with Crippen LogP contribution in [0.4, 0.5) is 0 Å². The first kappa shape index (κ1) is 38.7. The summed E-state index contributed by atoms with van der Waals surface area (Å²) in [5.41, 5.74) is 0. The van der Waals surface area contributed by atoms with E-state index in [0.29, 0.717) is 10.1 Å². The number of rotatable bonds is 12. The average Bonchev–Trinajstić information content (AvgIpc) is 2.44. The molecule has 0 amide bonds. The third-order valence-electron chi connectivity index (χ3n) is 2.43. The molecule has 0 radical (unpaired) electrons. The van der Waals surface area contributed by atoms with Crippen LogP contribution >= 0.6 is 0 Å². The summed E-state index contributed by atoms with van der Waals surface area (Å²) in [7, 11) is -16.7. The molecule has 16 nitrogen and oxygen atoms in total. The van der Waals surface area contributed by atoms with Crippen LogP contribution in [0.25, 0.3) is 0 Å². The number of nitrogens with zero attached hydrogens (tertiary/aromatic N) is 2. The number of hydroxylamine groups is 4. The summed E-state index contributed by atoms with van der Waals surface area (Å²) < 4.78 is 115. The van der Waals surface area contributed by atoms with Gasteiger partial charge in [-0.3, -0.25) is 18.2 Å². The van der Waals surface area contributed by atoms with Crippen molar-refractivity contribution in [3.63, 3.8) is 0 Å². The van der Waals surface area contributed by atoms with Crippen LogP contribution in [-0.4, -0.2) is 181 Å². The van der Waals surface area contributed by atoms with Gasteiger partial charge >= 0.3 is 59.1 Å². The van der Waals surface area contributed by atoms with Gasteiger partial charge in [-0.1, -0.05) is 0 Å². The van der Waals surface area contributed by atoms with Crippen LogP contribution in [0.1, 0.15) is 0 Å². The zero-order valence-electron chi connectivity index (χ0n) is 14.1. The van der Waals surface area contributed by atoms with Crippen LogP contribution in [-0.2, 0) is 40.5 Å². The molecule has 22 heteroatoms. The Kier molecular flexibility index (Phi) is 21.9. The summed E-state index contributed by atoms with van der Waals surface area (Å²) in [4.78, 5) is 0. The molecule has 0 atom stereocenters. The standard InChI is InChI=1S/2C4H11NO7S2.2Na.2H/c2*6-5(1-3-13(7,8)9)2-4-14(10,11)12;;;;/h2*6H,1-4H2,(H,7,8,9)(H,10,11,12);;;;. The first-order valence-corrected chi connectivity index (χ1v) is 13.3. The van der Waals surface area contributed by atoms with E-state index < -0.39 is 89.7 Å². The number of hydrogen-bond acceptors (Lipinski definition) is 12. The summed E-state index contributed by atoms with van der Waals surface area (Å²) in [6.07, 6.45) is 0. The molecule has 0 aliphatic rings. The Hall–Kier alpha value is 1.48. The van der Waals surface area contributed by atoms with Crippen molar-refractivity contribution in [3.8, 4) is 0 Å². The van der Waals surface area contributed by atoms with Gasteiger partial charge < -0.3 is 10.4 Å². The van der Waals surface area contributed by atoms with Gasteiger partial charge in [0.2, 0.25) is 0 Å². The molecule has 0 spiro atoms. The van der Waals surface area contributed by atoms with Crippen LogP contribution in [0.3, 0.4) is 0 Å². The SMILES string of the molecule is O=S(=O)(O)CCN(O)CCS(=O)(=O)O.O=S(=O)(O)CCN(O)CCS(=O)(=O)O.[NaH].[NaH]. The molecule has 0 saturated carbocycles. The number of hydrogen-bond donors (Lipinski definition) is 6. The van der Waals surface area contributed by atoms with Crippen LogP contribution in [0, 0.1) is 0 Å². The average molecular weight is 547 g/mol. The molecule has 0 aliphatic carbocycles. The van der Waals surface area contributed by atoms with Gasteiger partial charge in [-0.25, -0.2) is 0 Å². The molecule has 6 N–H and O–H groups in total. The van der Waals surface area contributed by atoms with E-state index in [0.717, 1.165) is 0 Å². The molecule has 0 rings (SSSR count). The van der Waals surface area contributed by atoms with Crippen molar-refractivity contribution in [2.75, 3.05) is 49.2 Å². The zero-order valence-corrected chi connectivity index (χ0v) is 17.4. The molecular weight excluding hydrogens is 522 g/mol. The summed E-state index contributed by atoms with van der Waals surface area (Å²) in [5.74, 6) is -2.85. The second kappa shape index (κ2) is 17.0. The Bertz CT molecular complexity index is 727. The molecule has 0 aromatic carbocycles. The van der Waals surface area contributed by atoms with Gasteiger partial charge in [0, 0.05) is 26.2 Å². The van der Waals surface area contributed by atoms with Gasteiger partial charge in [0.05, 0.1) is 23.0 Å². The first-order valence-electron chi connectivity index (χ1n) is 6.88. The molecule has 0 aliphatic heterocycles. The molecule has 176 valence electrons.